The average Bonchev–Trinajstić information content (AvgIpc) is 2.49. The summed E-state index contributed by atoms with van der Waals surface area (Å²) < 4.78 is 10.7. The first kappa shape index (κ1) is 13.1. The topological polar surface area (TPSA) is 42.2 Å². The molecule has 0 N–H and O–H groups in total. The van der Waals surface area contributed by atoms with Crippen molar-refractivity contribution in [3.63, 3.8) is 0 Å². The van der Waals surface area contributed by atoms with E-state index in [4.69, 9.17) is 9.47 Å². The van der Waals surface area contributed by atoms with Crippen LogP contribution in [0.25, 0.3) is 0 Å². The van der Waals surface area contributed by atoms with Crippen LogP contribution in [0, 0.1) is 11.3 Å². The summed E-state index contributed by atoms with van der Waals surface area (Å²) in [5, 5.41) is 9.18. The molecule has 0 aliphatic heterocycles. The van der Waals surface area contributed by atoms with Crippen LogP contribution in [0.4, 0.5) is 0 Å². The summed E-state index contributed by atoms with van der Waals surface area (Å²) >= 11 is 0. The van der Waals surface area contributed by atoms with E-state index in [-0.39, 0.29) is 0 Å². The van der Waals surface area contributed by atoms with E-state index in [1.807, 2.05) is 54.6 Å². The second kappa shape index (κ2) is 6.58. The summed E-state index contributed by atoms with van der Waals surface area (Å²) in [5.41, 5.74) is 1.88. The molecule has 0 fully saturated rings. The molecule has 3 heteroatoms. The van der Waals surface area contributed by atoms with Crippen molar-refractivity contribution in [2.75, 3.05) is 7.11 Å². The zero-order valence-electron chi connectivity index (χ0n) is 10.7. The summed E-state index contributed by atoms with van der Waals surface area (Å²) in [6, 6.07) is 19.3. The van der Waals surface area contributed by atoms with Crippen LogP contribution in [-0.2, 0) is 11.3 Å². The smallest absolute Gasteiger partial charge is 0.169 e. The molecule has 2 aromatic rings. The standard InChI is InChI=1S/C16H15NO2/c1-18-15-9-7-14(8-10-15)16(11-17)19-12-13-5-3-2-4-6-13/h2-10,16H,12H2,1H3. The zero-order chi connectivity index (χ0) is 13.5. The van der Waals surface area contributed by atoms with Crippen LogP contribution in [0.15, 0.2) is 54.6 Å². The lowest BCUT2D eigenvalue weighted by molar-refractivity contribution is 0.0767. The van der Waals surface area contributed by atoms with Crippen molar-refractivity contribution in [1.82, 2.24) is 0 Å². The van der Waals surface area contributed by atoms with Gasteiger partial charge in [0.25, 0.3) is 0 Å². The second-order valence-electron chi connectivity index (χ2n) is 4.08. The third-order valence-electron chi connectivity index (χ3n) is 2.80. The normalized spacial score (nSPS) is 11.6. The number of methoxy groups -OCH3 is 1. The molecule has 0 aliphatic carbocycles. The molecule has 1 atom stereocenters. The first-order valence-corrected chi connectivity index (χ1v) is 6.02. The molecule has 0 saturated carbocycles. The van der Waals surface area contributed by atoms with Gasteiger partial charge in [0, 0.05) is 0 Å². The predicted molar refractivity (Wildman–Crippen MR) is 72.6 cm³/mol. The maximum atomic E-state index is 9.18. The summed E-state index contributed by atoms with van der Waals surface area (Å²) in [5.74, 6) is 0.767. The van der Waals surface area contributed by atoms with E-state index in [2.05, 4.69) is 6.07 Å². The van der Waals surface area contributed by atoms with Gasteiger partial charge in [-0.3, -0.25) is 0 Å². The fourth-order valence-electron chi connectivity index (χ4n) is 1.74. The Kier molecular flexibility index (Phi) is 4.54. The van der Waals surface area contributed by atoms with Gasteiger partial charge in [-0.15, -0.1) is 0 Å². The molecule has 0 aliphatic rings. The maximum Gasteiger partial charge on any atom is 0.169 e. The summed E-state index contributed by atoms with van der Waals surface area (Å²) in [4.78, 5) is 0. The van der Waals surface area contributed by atoms with E-state index in [0.717, 1.165) is 16.9 Å². The highest BCUT2D eigenvalue weighted by molar-refractivity contribution is 5.30. The molecule has 0 heterocycles. The number of benzene rings is 2. The number of hydrogen-bond donors (Lipinski definition) is 0. The molecule has 3 nitrogen and oxygen atoms in total. The molecule has 0 spiro atoms. The molecule has 0 saturated heterocycles. The molecule has 96 valence electrons. The van der Waals surface area contributed by atoms with Gasteiger partial charge < -0.3 is 9.47 Å². The third kappa shape index (κ3) is 3.57. The molecule has 0 radical (unpaired) electrons. The SMILES string of the molecule is COc1ccc(C(C#N)OCc2ccccc2)cc1. The Morgan fingerprint density at radius 1 is 1.05 bits per heavy atom. The minimum Gasteiger partial charge on any atom is -0.497 e. The monoisotopic (exact) mass is 253 g/mol. The summed E-state index contributed by atoms with van der Waals surface area (Å²) in [6.07, 6.45) is -0.564. The van der Waals surface area contributed by atoms with Crippen molar-refractivity contribution >= 4 is 0 Å². The lowest BCUT2D eigenvalue weighted by Gasteiger charge is -2.11. The van der Waals surface area contributed by atoms with Gasteiger partial charge >= 0.3 is 0 Å². The van der Waals surface area contributed by atoms with Crippen LogP contribution in [0.3, 0.4) is 0 Å². The molecule has 0 bridgehead atoms. The largest absolute Gasteiger partial charge is 0.497 e. The minimum absolute atomic E-state index is 0.422. The fourth-order valence-corrected chi connectivity index (χ4v) is 1.74. The number of ether oxygens (including phenoxy) is 2. The van der Waals surface area contributed by atoms with Crippen LogP contribution < -0.4 is 4.74 Å². The quantitative estimate of drug-likeness (QED) is 0.819. The highest BCUT2D eigenvalue weighted by Crippen LogP contribution is 2.21. The Bertz CT molecular complexity index is 543. The van der Waals surface area contributed by atoms with E-state index < -0.39 is 6.10 Å². The van der Waals surface area contributed by atoms with Crippen LogP contribution in [0.1, 0.15) is 17.2 Å². The Balaban J connectivity index is 2.02. The Hall–Kier alpha value is -2.31. The van der Waals surface area contributed by atoms with Crippen LogP contribution >= 0.6 is 0 Å². The lowest BCUT2D eigenvalue weighted by atomic mass is 10.1. The lowest BCUT2D eigenvalue weighted by Crippen LogP contribution is -2.02. The minimum atomic E-state index is -0.564. The van der Waals surface area contributed by atoms with Gasteiger partial charge in [-0.2, -0.15) is 5.26 Å². The zero-order valence-corrected chi connectivity index (χ0v) is 10.7. The number of rotatable bonds is 5. The average molecular weight is 253 g/mol. The first-order valence-electron chi connectivity index (χ1n) is 6.02. The molecule has 19 heavy (non-hydrogen) atoms. The third-order valence-corrected chi connectivity index (χ3v) is 2.80. The molecule has 1 unspecified atom stereocenters. The van der Waals surface area contributed by atoms with Gasteiger partial charge in [0.1, 0.15) is 5.75 Å². The van der Waals surface area contributed by atoms with Gasteiger partial charge in [0.05, 0.1) is 19.8 Å². The van der Waals surface area contributed by atoms with Gasteiger partial charge in [-0.25, -0.2) is 0 Å². The van der Waals surface area contributed by atoms with Crippen LogP contribution in [0.5, 0.6) is 5.75 Å². The number of hydrogen-bond acceptors (Lipinski definition) is 3. The Morgan fingerprint density at radius 3 is 2.32 bits per heavy atom. The summed E-state index contributed by atoms with van der Waals surface area (Å²) in [6.45, 7) is 0.422. The van der Waals surface area contributed by atoms with E-state index in [9.17, 15) is 5.26 Å². The van der Waals surface area contributed by atoms with Crippen LogP contribution in [0.2, 0.25) is 0 Å². The number of nitrogens with zero attached hydrogens (tertiary/aromatic N) is 1. The number of nitriles is 1. The Morgan fingerprint density at radius 2 is 1.74 bits per heavy atom. The van der Waals surface area contributed by atoms with Crippen molar-refractivity contribution in [2.45, 2.75) is 12.7 Å². The molecule has 2 aromatic carbocycles. The van der Waals surface area contributed by atoms with Crippen molar-refractivity contribution in [2.24, 2.45) is 0 Å². The van der Waals surface area contributed by atoms with Crippen LogP contribution in [-0.4, -0.2) is 7.11 Å². The van der Waals surface area contributed by atoms with Gasteiger partial charge in [-0.05, 0) is 23.3 Å². The van der Waals surface area contributed by atoms with E-state index in [1.54, 1.807) is 7.11 Å². The van der Waals surface area contributed by atoms with E-state index >= 15 is 0 Å². The fraction of sp³-hybridized carbons (Fsp3) is 0.188. The highest BCUT2D eigenvalue weighted by atomic mass is 16.5. The van der Waals surface area contributed by atoms with E-state index in [1.165, 1.54) is 0 Å². The van der Waals surface area contributed by atoms with Gasteiger partial charge in [0.15, 0.2) is 6.10 Å². The highest BCUT2D eigenvalue weighted by Gasteiger charge is 2.11. The van der Waals surface area contributed by atoms with Crippen molar-refractivity contribution in [3.05, 3.63) is 65.7 Å². The maximum absolute atomic E-state index is 9.18. The molecule has 2 rings (SSSR count). The Labute approximate surface area is 113 Å². The predicted octanol–water partition coefficient (Wildman–Crippen LogP) is 3.48. The van der Waals surface area contributed by atoms with Crippen molar-refractivity contribution in [3.8, 4) is 11.8 Å². The second-order valence-corrected chi connectivity index (χ2v) is 4.08. The van der Waals surface area contributed by atoms with Crippen molar-refractivity contribution in [1.29, 1.82) is 5.26 Å². The van der Waals surface area contributed by atoms with Gasteiger partial charge in [0.2, 0.25) is 0 Å². The first-order chi connectivity index (χ1) is 9.33. The molecular weight excluding hydrogens is 238 g/mol. The molecular formula is C16H15NO2. The molecule has 0 amide bonds. The van der Waals surface area contributed by atoms with Gasteiger partial charge in [-0.1, -0.05) is 42.5 Å². The molecule has 0 aromatic heterocycles. The van der Waals surface area contributed by atoms with E-state index in [0.29, 0.717) is 6.61 Å². The summed E-state index contributed by atoms with van der Waals surface area (Å²) in [7, 11) is 1.61. The van der Waals surface area contributed by atoms with Crippen molar-refractivity contribution < 1.29 is 9.47 Å².